The quantitative estimate of drug-likeness (QED) is 0.267. The Balaban J connectivity index is 5.21. The second-order valence-electron chi connectivity index (χ2n) is 4.99. The fourth-order valence-electron chi connectivity index (χ4n) is 1.78. The fourth-order valence-corrected chi connectivity index (χ4v) is 2.17. The Morgan fingerprint density at radius 3 is 1.43 bits per heavy atom. The molecule has 1 unspecified atom stereocenters. The van der Waals surface area contributed by atoms with Gasteiger partial charge in [-0.25, -0.2) is 14.4 Å². The summed E-state index contributed by atoms with van der Waals surface area (Å²) < 4.78 is 15.2. The fraction of sp³-hybridized carbons (Fsp3) is 0.438. The predicted octanol–water partition coefficient (Wildman–Crippen LogP) is 1.87. The minimum atomic E-state index is -0.933. The monoisotopic (exact) mass is 342 g/mol. The molecular formula is C16H22O6S. The zero-order valence-electron chi connectivity index (χ0n) is 13.2. The number of carbonyl (C=O) groups is 3. The maximum absolute atomic E-state index is 11.3. The highest BCUT2D eigenvalue weighted by atomic mass is 32.1. The molecule has 0 aromatic carbocycles. The molecule has 0 heterocycles. The molecule has 0 amide bonds. The molecule has 0 aliphatic carbocycles. The minimum Gasteiger partial charge on any atom is -0.462 e. The van der Waals surface area contributed by atoms with Gasteiger partial charge in [0.05, 0.1) is 5.41 Å². The Kier molecular flexibility index (Phi) is 9.73. The van der Waals surface area contributed by atoms with Crippen LogP contribution in [0.15, 0.2) is 38.0 Å². The predicted molar refractivity (Wildman–Crippen MR) is 89.0 cm³/mol. The van der Waals surface area contributed by atoms with Crippen molar-refractivity contribution in [2.75, 3.05) is 19.8 Å². The van der Waals surface area contributed by atoms with Gasteiger partial charge < -0.3 is 14.2 Å². The molecule has 0 saturated heterocycles. The van der Waals surface area contributed by atoms with Crippen molar-refractivity contribution in [2.45, 2.75) is 18.6 Å². The molecule has 0 aromatic heterocycles. The van der Waals surface area contributed by atoms with Gasteiger partial charge in [0.1, 0.15) is 19.8 Å². The van der Waals surface area contributed by atoms with E-state index in [0.717, 1.165) is 18.2 Å². The van der Waals surface area contributed by atoms with Crippen molar-refractivity contribution < 1.29 is 28.6 Å². The van der Waals surface area contributed by atoms with Crippen molar-refractivity contribution in [2.24, 2.45) is 5.41 Å². The van der Waals surface area contributed by atoms with Gasteiger partial charge in [-0.15, -0.1) is 0 Å². The minimum absolute atomic E-state index is 0.123. The molecule has 0 aliphatic heterocycles. The first-order valence-electron chi connectivity index (χ1n) is 6.84. The molecule has 0 saturated carbocycles. The summed E-state index contributed by atoms with van der Waals surface area (Å²) in [5, 5.41) is -0.123. The van der Waals surface area contributed by atoms with E-state index in [1.54, 1.807) is 0 Å². The van der Waals surface area contributed by atoms with Crippen molar-refractivity contribution in [3.8, 4) is 0 Å². The summed E-state index contributed by atoms with van der Waals surface area (Å²) in [4.78, 5) is 34.0. The SMILES string of the molecule is C=CC(=O)OCC(COC(=O)C=C)(COC(=O)C=C)CC(C)S. The van der Waals surface area contributed by atoms with Crippen molar-refractivity contribution >= 4 is 30.5 Å². The highest BCUT2D eigenvalue weighted by Crippen LogP contribution is 2.28. The van der Waals surface area contributed by atoms with Crippen molar-refractivity contribution in [1.82, 2.24) is 0 Å². The maximum Gasteiger partial charge on any atom is 0.330 e. The van der Waals surface area contributed by atoms with Gasteiger partial charge >= 0.3 is 17.9 Å². The molecule has 6 nitrogen and oxygen atoms in total. The summed E-state index contributed by atoms with van der Waals surface area (Å²) in [7, 11) is 0. The molecule has 0 rings (SSSR count). The van der Waals surface area contributed by atoms with E-state index in [-0.39, 0.29) is 25.1 Å². The van der Waals surface area contributed by atoms with Crippen LogP contribution in [0.4, 0.5) is 0 Å². The summed E-state index contributed by atoms with van der Waals surface area (Å²) in [5.41, 5.74) is -0.933. The van der Waals surface area contributed by atoms with E-state index >= 15 is 0 Å². The Labute approximate surface area is 141 Å². The van der Waals surface area contributed by atoms with Gasteiger partial charge in [-0.1, -0.05) is 26.7 Å². The molecule has 128 valence electrons. The third-order valence-corrected chi connectivity index (χ3v) is 2.97. The number of esters is 3. The highest BCUT2D eigenvalue weighted by molar-refractivity contribution is 7.80. The zero-order chi connectivity index (χ0) is 17.9. The maximum atomic E-state index is 11.3. The molecular weight excluding hydrogens is 320 g/mol. The van der Waals surface area contributed by atoms with E-state index in [9.17, 15) is 14.4 Å². The van der Waals surface area contributed by atoms with E-state index in [4.69, 9.17) is 14.2 Å². The summed E-state index contributed by atoms with van der Waals surface area (Å²) in [6, 6.07) is 0. The van der Waals surface area contributed by atoms with Crippen LogP contribution in [0.5, 0.6) is 0 Å². The van der Waals surface area contributed by atoms with Crippen LogP contribution in [-0.2, 0) is 28.6 Å². The number of hydrogen-bond acceptors (Lipinski definition) is 7. The lowest BCUT2D eigenvalue weighted by Crippen LogP contribution is -2.40. The molecule has 0 fully saturated rings. The lowest BCUT2D eigenvalue weighted by molar-refractivity contribution is -0.156. The van der Waals surface area contributed by atoms with Gasteiger partial charge in [0.25, 0.3) is 0 Å². The number of rotatable bonds is 11. The van der Waals surface area contributed by atoms with Crippen LogP contribution >= 0.6 is 12.6 Å². The third-order valence-electron chi connectivity index (χ3n) is 2.79. The van der Waals surface area contributed by atoms with Crippen LogP contribution in [-0.4, -0.2) is 43.0 Å². The summed E-state index contributed by atoms with van der Waals surface area (Å²) in [5.74, 6) is -1.90. The number of carbonyl (C=O) groups excluding carboxylic acids is 3. The molecule has 0 radical (unpaired) electrons. The van der Waals surface area contributed by atoms with Crippen LogP contribution in [0.2, 0.25) is 0 Å². The summed E-state index contributed by atoms with van der Waals surface area (Å²) in [6.45, 7) is 11.4. The molecule has 0 bridgehead atoms. The first-order chi connectivity index (χ1) is 10.8. The smallest absolute Gasteiger partial charge is 0.330 e. The van der Waals surface area contributed by atoms with Gasteiger partial charge in [0.15, 0.2) is 0 Å². The van der Waals surface area contributed by atoms with Crippen molar-refractivity contribution in [3.05, 3.63) is 38.0 Å². The van der Waals surface area contributed by atoms with Crippen LogP contribution in [0.3, 0.4) is 0 Å². The van der Waals surface area contributed by atoms with Gasteiger partial charge in [0, 0.05) is 18.2 Å². The number of thiol groups is 1. The van der Waals surface area contributed by atoms with Crippen LogP contribution < -0.4 is 0 Å². The molecule has 0 N–H and O–H groups in total. The van der Waals surface area contributed by atoms with Crippen molar-refractivity contribution in [1.29, 1.82) is 0 Å². The van der Waals surface area contributed by atoms with Gasteiger partial charge in [-0.05, 0) is 11.7 Å². The van der Waals surface area contributed by atoms with Gasteiger partial charge in [0.2, 0.25) is 0 Å². The van der Waals surface area contributed by atoms with E-state index < -0.39 is 23.3 Å². The summed E-state index contributed by atoms with van der Waals surface area (Å²) >= 11 is 4.31. The van der Waals surface area contributed by atoms with Gasteiger partial charge in [-0.2, -0.15) is 12.6 Å². The van der Waals surface area contributed by atoms with E-state index in [2.05, 4.69) is 32.4 Å². The topological polar surface area (TPSA) is 78.9 Å². The Bertz CT molecular complexity index is 409. The second kappa shape index (κ2) is 10.7. The lowest BCUT2D eigenvalue weighted by atomic mass is 9.85. The summed E-state index contributed by atoms with van der Waals surface area (Å²) in [6.07, 6.45) is 3.41. The third kappa shape index (κ3) is 8.87. The van der Waals surface area contributed by atoms with Crippen molar-refractivity contribution in [3.63, 3.8) is 0 Å². The Morgan fingerprint density at radius 2 is 1.22 bits per heavy atom. The number of ether oxygens (including phenoxy) is 3. The Morgan fingerprint density at radius 1 is 0.913 bits per heavy atom. The van der Waals surface area contributed by atoms with Crippen LogP contribution in [0.1, 0.15) is 13.3 Å². The van der Waals surface area contributed by atoms with E-state index in [0.29, 0.717) is 6.42 Å². The molecule has 0 spiro atoms. The van der Waals surface area contributed by atoms with Crippen LogP contribution in [0.25, 0.3) is 0 Å². The first-order valence-corrected chi connectivity index (χ1v) is 7.36. The highest BCUT2D eigenvalue weighted by Gasteiger charge is 2.36. The Hall–Kier alpha value is -2.02. The average Bonchev–Trinajstić information content (AvgIpc) is 2.54. The van der Waals surface area contributed by atoms with Gasteiger partial charge in [-0.3, -0.25) is 0 Å². The van der Waals surface area contributed by atoms with E-state index in [1.807, 2.05) is 6.92 Å². The normalized spacial score (nSPS) is 11.7. The molecule has 7 heteroatoms. The molecule has 0 aromatic rings. The van der Waals surface area contributed by atoms with Crippen LogP contribution in [0, 0.1) is 5.41 Å². The standard InChI is InChI=1S/C16H22O6S/c1-5-13(17)20-9-16(8-12(4)23,10-21-14(18)6-2)11-22-15(19)7-3/h5-7,12,23H,1-3,8-11H2,4H3. The largest absolute Gasteiger partial charge is 0.462 e. The molecule has 1 atom stereocenters. The zero-order valence-corrected chi connectivity index (χ0v) is 14.1. The second-order valence-corrected chi connectivity index (χ2v) is 5.87. The van der Waals surface area contributed by atoms with E-state index in [1.165, 1.54) is 0 Å². The first kappa shape index (κ1) is 21.0. The molecule has 0 aliphatic rings. The average molecular weight is 342 g/mol. The lowest BCUT2D eigenvalue weighted by Gasteiger charge is -2.33. The molecule has 23 heavy (non-hydrogen) atoms. The number of hydrogen-bond donors (Lipinski definition) is 1.